The molecule has 0 radical (unpaired) electrons. The molecular formula is C24H41N5O5. The van der Waals surface area contributed by atoms with Crippen LogP contribution in [0.25, 0.3) is 0 Å². The normalized spacial score (nSPS) is 18.3. The topological polar surface area (TPSA) is 116 Å². The fraction of sp³-hybridized carbons (Fsp3) is 0.833. The number of nitrogens with zero attached hydrogens (tertiary/aromatic N) is 4. The Kier molecular flexibility index (Phi) is 11.6. The molecular weight excluding hydrogens is 438 g/mol. The highest BCUT2D eigenvalue weighted by molar-refractivity contribution is 5.94. The number of hydrogen-bond acceptors (Lipinski definition) is 7. The number of nitriles is 1. The summed E-state index contributed by atoms with van der Waals surface area (Å²) in [7, 11) is 1.55. The predicted octanol–water partition coefficient (Wildman–Crippen LogP) is 2.74. The van der Waals surface area contributed by atoms with E-state index < -0.39 is 6.09 Å². The van der Waals surface area contributed by atoms with Crippen LogP contribution in [0.5, 0.6) is 0 Å². The maximum atomic E-state index is 12.8. The summed E-state index contributed by atoms with van der Waals surface area (Å²) in [6.07, 6.45) is 6.60. The lowest BCUT2D eigenvalue weighted by Crippen LogP contribution is -2.49. The van der Waals surface area contributed by atoms with Crippen molar-refractivity contribution in [3.8, 4) is 6.19 Å². The van der Waals surface area contributed by atoms with Crippen molar-refractivity contribution in [1.82, 2.24) is 15.1 Å². The first-order valence-electron chi connectivity index (χ1n) is 12.3. The summed E-state index contributed by atoms with van der Waals surface area (Å²) >= 11 is 0. The molecule has 2 aliphatic rings. The number of aliphatic imine (C=N–C) groups is 1. The Morgan fingerprint density at radius 1 is 1.26 bits per heavy atom. The van der Waals surface area contributed by atoms with Gasteiger partial charge in [0.25, 0.3) is 0 Å². The minimum Gasteiger partial charge on any atom is -0.447 e. The monoisotopic (exact) mass is 479 g/mol. The van der Waals surface area contributed by atoms with Gasteiger partial charge < -0.3 is 19.1 Å². The van der Waals surface area contributed by atoms with Gasteiger partial charge in [-0.3, -0.25) is 15.1 Å². The Hall–Kier alpha value is -2.38. The third-order valence-electron chi connectivity index (χ3n) is 6.94. The van der Waals surface area contributed by atoms with Crippen molar-refractivity contribution in [2.45, 2.75) is 65.3 Å². The molecule has 0 aromatic rings. The van der Waals surface area contributed by atoms with Crippen LogP contribution in [-0.4, -0.2) is 87.0 Å². The molecule has 2 rings (SSSR count). The van der Waals surface area contributed by atoms with E-state index in [1.165, 1.54) is 4.90 Å². The molecule has 192 valence electrons. The molecule has 1 saturated heterocycles. The molecule has 10 nitrogen and oxygen atoms in total. The first-order chi connectivity index (χ1) is 16.3. The van der Waals surface area contributed by atoms with Gasteiger partial charge >= 0.3 is 6.09 Å². The van der Waals surface area contributed by atoms with Crippen molar-refractivity contribution >= 4 is 18.0 Å². The van der Waals surface area contributed by atoms with Gasteiger partial charge in [-0.25, -0.2) is 9.69 Å². The minimum absolute atomic E-state index is 0.0585. The van der Waals surface area contributed by atoms with Gasteiger partial charge in [-0.1, -0.05) is 33.6 Å². The van der Waals surface area contributed by atoms with Crippen molar-refractivity contribution in [3.05, 3.63) is 0 Å². The summed E-state index contributed by atoms with van der Waals surface area (Å²) in [4.78, 5) is 33.0. The summed E-state index contributed by atoms with van der Waals surface area (Å²) in [5.74, 6) is 0.460. The first-order valence-corrected chi connectivity index (χ1v) is 12.3. The lowest BCUT2D eigenvalue weighted by atomic mass is 9.75. The number of nitrogens with one attached hydrogen (secondary N) is 1. The van der Waals surface area contributed by atoms with Gasteiger partial charge in [0.2, 0.25) is 11.9 Å². The zero-order chi connectivity index (χ0) is 25.0. The van der Waals surface area contributed by atoms with E-state index in [9.17, 15) is 14.9 Å². The fourth-order valence-electron chi connectivity index (χ4n) is 4.18. The summed E-state index contributed by atoms with van der Waals surface area (Å²) in [5, 5.41) is 12.3. The van der Waals surface area contributed by atoms with Crippen molar-refractivity contribution < 1.29 is 23.8 Å². The second kappa shape index (κ2) is 14.1. The Labute approximate surface area is 203 Å². The smallest absolute Gasteiger partial charge is 0.414 e. The SMILES string of the molecule is COCCOC(=O)NC(=NCCC(C)(C)C(C)CC(=O)N(C#N)C1CCCC1)N1CCOCC1. The van der Waals surface area contributed by atoms with E-state index in [2.05, 4.69) is 37.3 Å². The Bertz CT molecular complexity index is 724. The lowest BCUT2D eigenvalue weighted by Gasteiger charge is -2.33. The van der Waals surface area contributed by atoms with E-state index in [-0.39, 0.29) is 29.9 Å². The summed E-state index contributed by atoms with van der Waals surface area (Å²) in [6, 6.07) is 0.0585. The van der Waals surface area contributed by atoms with Crippen LogP contribution in [0, 0.1) is 22.8 Å². The van der Waals surface area contributed by atoms with Crippen molar-refractivity contribution in [3.63, 3.8) is 0 Å². The van der Waals surface area contributed by atoms with Gasteiger partial charge in [0.1, 0.15) is 6.61 Å². The highest BCUT2D eigenvalue weighted by atomic mass is 16.6. The molecule has 1 aliphatic heterocycles. The van der Waals surface area contributed by atoms with Crippen molar-refractivity contribution in [1.29, 1.82) is 5.26 Å². The van der Waals surface area contributed by atoms with Crippen LogP contribution in [0.15, 0.2) is 4.99 Å². The molecule has 2 fully saturated rings. The molecule has 2 amide bonds. The molecule has 1 saturated carbocycles. The molecule has 1 N–H and O–H groups in total. The van der Waals surface area contributed by atoms with E-state index in [1.807, 2.05) is 4.90 Å². The standard InChI is InChI=1S/C24H41N5O5/c1-19(17-21(30)29(18-25)20-7-5-6-8-20)24(2,3)9-10-26-22(28-11-13-33-14-12-28)27-23(31)34-16-15-32-4/h19-20H,5-17H2,1-4H3,(H,26,27,31). The number of hydrogen-bond donors (Lipinski definition) is 1. The second-order valence-corrected chi connectivity index (χ2v) is 9.70. The molecule has 1 heterocycles. The van der Waals surface area contributed by atoms with E-state index in [1.54, 1.807) is 7.11 Å². The maximum Gasteiger partial charge on any atom is 0.414 e. The maximum absolute atomic E-state index is 12.8. The van der Waals surface area contributed by atoms with Crippen molar-refractivity contribution in [2.75, 3.05) is 53.2 Å². The number of morpholine rings is 1. The van der Waals surface area contributed by atoms with E-state index in [4.69, 9.17) is 14.2 Å². The third kappa shape index (κ3) is 8.76. The lowest BCUT2D eigenvalue weighted by molar-refractivity contribution is -0.131. The predicted molar refractivity (Wildman–Crippen MR) is 128 cm³/mol. The molecule has 0 aromatic carbocycles. The average Bonchev–Trinajstić information content (AvgIpc) is 3.34. The van der Waals surface area contributed by atoms with Gasteiger partial charge in [-0.15, -0.1) is 0 Å². The van der Waals surface area contributed by atoms with E-state index in [0.29, 0.717) is 51.8 Å². The molecule has 0 aromatic heterocycles. The number of methoxy groups -OCH3 is 1. The molecule has 1 atom stereocenters. The van der Waals surface area contributed by atoms with Gasteiger partial charge in [-0.05, 0) is 30.6 Å². The van der Waals surface area contributed by atoms with E-state index >= 15 is 0 Å². The van der Waals surface area contributed by atoms with Crippen LogP contribution in [0.2, 0.25) is 0 Å². The zero-order valence-corrected chi connectivity index (χ0v) is 21.2. The van der Waals surface area contributed by atoms with Crippen LogP contribution in [-0.2, 0) is 19.0 Å². The largest absolute Gasteiger partial charge is 0.447 e. The second-order valence-electron chi connectivity index (χ2n) is 9.70. The first kappa shape index (κ1) is 27.9. The number of ether oxygens (including phenoxy) is 3. The van der Waals surface area contributed by atoms with Crippen LogP contribution >= 0.6 is 0 Å². The van der Waals surface area contributed by atoms with Gasteiger partial charge in [-0.2, -0.15) is 5.26 Å². The van der Waals surface area contributed by atoms with Crippen LogP contribution in [0.1, 0.15) is 59.3 Å². The molecule has 0 bridgehead atoms. The van der Waals surface area contributed by atoms with Crippen molar-refractivity contribution in [2.24, 2.45) is 16.3 Å². The number of rotatable bonds is 10. The summed E-state index contributed by atoms with van der Waals surface area (Å²) in [6.45, 7) is 9.68. The van der Waals surface area contributed by atoms with Crippen LogP contribution in [0.4, 0.5) is 4.79 Å². The molecule has 1 unspecified atom stereocenters. The number of amides is 2. The Morgan fingerprint density at radius 3 is 2.56 bits per heavy atom. The average molecular weight is 480 g/mol. The summed E-state index contributed by atoms with van der Waals surface area (Å²) < 4.78 is 15.4. The van der Waals surface area contributed by atoms with Gasteiger partial charge in [0, 0.05) is 39.2 Å². The Balaban J connectivity index is 1.94. The molecule has 10 heteroatoms. The Morgan fingerprint density at radius 2 is 1.94 bits per heavy atom. The highest BCUT2D eigenvalue weighted by Gasteiger charge is 2.32. The molecule has 0 spiro atoms. The zero-order valence-electron chi connectivity index (χ0n) is 21.2. The third-order valence-corrected chi connectivity index (χ3v) is 6.94. The van der Waals surface area contributed by atoms with Crippen LogP contribution < -0.4 is 5.32 Å². The minimum atomic E-state index is -0.566. The highest BCUT2D eigenvalue weighted by Crippen LogP contribution is 2.34. The van der Waals surface area contributed by atoms with Gasteiger partial charge in [0.05, 0.1) is 19.8 Å². The summed E-state index contributed by atoms with van der Waals surface area (Å²) in [5.41, 5.74) is -0.176. The van der Waals surface area contributed by atoms with Gasteiger partial charge in [0.15, 0.2) is 6.19 Å². The number of guanidine groups is 1. The molecule has 1 aliphatic carbocycles. The van der Waals surface area contributed by atoms with Crippen LogP contribution in [0.3, 0.4) is 0 Å². The molecule has 34 heavy (non-hydrogen) atoms. The number of carbonyl (C=O) groups is 2. The number of alkyl carbamates (subject to hydrolysis) is 1. The van der Waals surface area contributed by atoms with E-state index in [0.717, 1.165) is 32.1 Å². The number of carbonyl (C=O) groups excluding carboxylic acids is 2. The quantitative estimate of drug-likeness (QED) is 0.168. The fourth-order valence-corrected chi connectivity index (χ4v) is 4.18.